The van der Waals surface area contributed by atoms with Crippen LogP contribution in [0.5, 0.6) is 0 Å². The molecule has 2 aromatic rings. The van der Waals surface area contributed by atoms with E-state index >= 15 is 0 Å². The summed E-state index contributed by atoms with van der Waals surface area (Å²) in [5, 5.41) is 8.80. The molecule has 98 valence electrons. The lowest BCUT2D eigenvalue weighted by Gasteiger charge is -2.15. The standard InChI is InChI=1S/C10H16N6O2/c1-15(4-5-17)2-3-16-6-12-8-7(16)9(18)14-10(11)13-8/h6,17H,2-5H2,1H3,(H3,11,13,14,18). The molecule has 18 heavy (non-hydrogen) atoms. The summed E-state index contributed by atoms with van der Waals surface area (Å²) in [4.78, 5) is 24.2. The summed E-state index contributed by atoms with van der Waals surface area (Å²) in [5.74, 6) is 0.0650. The van der Waals surface area contributed by atoms with Crippen molar-refractivity contribution in [2.24, 2.45) is 0 Å². The lowest BCUT2D eigenvalue weighted by atomic mass is 10.4. The highest BCUT2D eigenvalue weighted by atomic mass is 16.3. The molecule has 0 saturated carbocycles. The molecule has 2 aromatic heterocycles. The van der Waals surface area contributed by atoms with Crippen molar-refractivity contribution >= 4 is 17.1 Å². The van der Waals surface area contributed by atoms with Crippen LogP contribution in [0.25, 0.3) is 11.2 Å². The van der Waals surface area contributed by atoms with Gasteiger partial charge in [0.2, 0.25) is 5.95 Å². The van der Waals surface area contributed by atoms with Crippen LogP contribution in [-0.2, 0) is 6.54 Å². The highest BCUT2D eigenvalue weighted by molar-refractivity contribution is 5.70. The third kappa shape index (κ3) is 2.49. The fraction of sp³-hybridized carbons (Fsp3) is 0.500. The Hall–Kier alpha value is -1.93. The van der Waals surface area contributed by atoms with Crippen LogP contribution in [0, 0.1) is 0 Å². The number of fused-ring (bicyclic) bond motifs is 1. The van der Waals surface area contributed by atoms with Gasteiger partial charge in [-0.3, -0.25) is 9.78 Å². The van der Waals surface area contributed by atoms with Gasteiger partial charge in [0, 0.05) is 19.6 Å². The van der Waals surface area contributed by atoms with E-state index < -0.39 is 0 Å². The highest BCUT2D eigenvalue weighted by Crippen LogP contribution is 2.05. The number of imidazole rings is 1. The molecule has 0 atom stereocenters. The zero-order valence-electron chi connectivity index (χ0n) is 10.1. The maximum atomic E-state index is 11.8. The minimum Gasteiger partial charge on any atom is -0.395 e. The van der Waals surface area contributed by atoms with E-state index in [1.165, 1.54) is 0 Å². The smallest absolute Gasteiger partial charge is 0.278 e. The van der Waals surface area contributed by atoms with Gasteiger partial charge in [0.15, 0.2) is 11.2 Å². The van der Waals surface area contributed by atoms with Gasteiger partial charge < -0.3 is 20.3 Å². The maximum absolute atomic E-state index is 11.8. The minimum absolute atomic E-state index is 0.0650. The fourth-order valence-corrected chi connectivity index (χ4v) is 1.73. The average Bonchev–Trinajstić information content (AvgIpc) is 2.70. The number of hydrogen-bond acceptors (Lipinski definition) is 6. The van der Waals surface area contributed by atoms with Crippen molar-refractivity contribution in [1.82, 2.24) is 24.4 Å². The van der Waals surface area contributed by atoms with Crippen molar-refractivity contribution in [3.05, 3.63) is 16.7 Å². The molecule has 8 heteroatoms. The predicted molar refractivity (Wildman–Crippen MR) is 67.1 cm³/mol. The Labute approximate surface area is 103 Å². The summed E-state index contributed by atoms with van der Waals surface area (Å²) in [6.07, 6.45) is 1.57. The molecule has 0 amide bonds. The molecule has 0 aliphatic heterocycles. The van der Waals surface area contributed by atoms with E-state index in [-0.39, 0.29) is 18.1 Å². The van der Waals surface area contributed by atoms with Gasteiger partial charge in [-0.15, -0.1) is 0 Å². The van der Waals surface area contributed by atoms with Crippen LogP contribution >= 0.6 is 0 Å². The molecule has 0 fully saturated rings. The van der Waals surface area contributed by atoms with Crippen molar-refractivity contribution in [2.45, 2.75) is 6.54 Å². The first-order valence-corrected chi connectivity index (χ1v) is 5.62. The number of aromatic nitrogens is 4. The van der Waals surface area contributed by atoms with Crippen molar-refractivity contribution in [1.29, 1.82) is 0 Å². The van der Waals surface area contributed by atoms with E-state index in [1.807, 2.05) is 11.9 Å². The van der Waals surface area contributed by atoms with E-state index in [9.17, 15) is 4.79 Å². The van der Waals surface area contributed by atoms with Crippen LogP contribution < -0.4 is 11.3 Å². The average molecular weight is 252 g/mol. The van der Waals surface area contributed by atoms with Gasteiger partial charge in [-0.05, 0) is 7.05 Å². The van der Waals surface area contributed by atoms with Crippen molar-refractivity contribution in [2.75, 3.05) is 32.5 Å². The number of likely N-dealkylation sites (N-methyl/N-ethyl adjacent to an activating group) is 1. The third-order valence-electron chi connectivity index (χ3n) is 2.71. The predicted octanol–water partition coefficient (Wildman–Crippen LogP) is -1.37. The molecule has 0 aliphatic carbocycles. The Morgan fingerprint density at radius 3 is 3.06 bits per heavy atom. The maximum Gasteiger partial charge on any atom is 0.278 e. The van der Waals surface area contributed by atoms with Gasteiger partial charge >= 0.3 is 0 Å². The number of rotatable bonds is 5. The van der Waals surface area contributed by atoms with Crippen LogP contribution in [0.2, 0.25) is 0 Å². The number of anilines is 1. The number of H-pyrrole nitrogens is 1. The molecule has 2 rings (SSSR count). The second-order valence-corrected chi connectivity index (χ2v) is 4.09. The van der Waals surface area contributed by atoms with Crippen LogP contribution in [0.1, 0.15) is 0 Å². The number of nitrogen functional groups attached to an aromatic ring is 1. The molecule has 0 saturated heterocycles. The van der Waals surface area contributed by atoms with Crippen molar-refractivity contribution in [3.8, 4) is 0 Å². The number of hydrogen-bond donors (Lipinski definition) is 3. The Kier molecular flexibility index (Phi) is 3.58. The van der Waals surface area contributed by atoms with Crippen molar-refractivity contribution in [3.63, 3.8) is 0 Å². The summed E-state index contributed by atoms with van der Waals surface area (Å²) in [6, 6.07) is 0. The van der Waals surface area contributed by atoms with E-state index in [0.29, 0.717) is 30.8 Å². The molecular weight excluding hydrogens is 236 g/mol. The summed E-state index contributed by atoms with van der Waals surface area (Å²) in [6.45, 7) is 2.01. The minimum atomic E-state index is -0.292. The van der Waals surface area contributed by atoms with Gasteiger partial charge in [0.25, 0.3) is 5.56 Å². The number of nitrogens with zero attached hydrogens (tertiary/aromatic N) is 4. The second-order valence-electron chi connectivity index (χ2n) is 4.09. The van der Waals surface area contributed by atoms with E-state index in [0.717, 1.165) is 0 Å². The quantitative estimate of drug-likeness (QED) is 0.605. The molecule has 0 aliphatic rings. The Balaban J connectivity index is 2.22. The van der Waals surface area contributed by atoms with Crippen LogP contribution in [0.15, 0.2) is 11.1 Å². The lowest BCUT2D eigenvalue weighted by molar-refractivity contribution is 0.217. The normalized spacial score (nSPS) is 11.5. The van der Waals surface area contributed by atoms with E-state index in [2.05, 4.69) is 15.0 Å². The van der Waals surface area contributed by atoms with Gasteiger partial charge in [-0.25, -0.2) is 4.98 Å². The molecule has 2 heterocycles. The third-order valence-corrected chi connectivity index (χ3v) is 2.71. The number of aromatic amines is 1. The molecule has 8 nitrogen and oxygen atoms in total. The summed E-state index contributed by atoms with van der Waals surface area (Å²) in [7, 11) is 1.90. The topological polar surface area (TPSA) is 113 Å². The SMILES string of the molecule is CN(CCO)CCn1cnc2nc(N)[nH]c(=O)c21. The summed E-state index contributed by atoms with van der Waals surface area (Å²) < 4.78 is 1.73. The van der Waals surface area contributed by atoms with Gasteiger partial charge in [-0.2, -0.15) is 4.98 Å². The zero-order valence-corrected chi connectivity index (χ0v) is 10.1. The van der Waals surface area contributed by atoms with Gasteiger partial charge in [0.1, 0.15) is 0 Å². The Morgan fingerprint density at radius 1 is 1.56 bits per heavy atom. The van der Waals surface area contributed by atoms with Crippen LogP contribution in [0.3, 0.4) is 0 Å². The first kappa shape index (κ1) is 12.5. The molecule has 0 aromatic carbocycles. The highest BCUT2D eigenvalue weighted by Gasteiger charge is 2.09. The number of nitrogens with two attached hydrogens (primary N) is 1. The fourth-order valence-electron chi connectivity index (χ4n) is 1.73. The summed E-state index contributed by atoms with van der Waals surface area (Å²) >= 11 is 0. The molecule has 0 spiro atoms. The molecule has 0 bridgehead atoms. The lowest BCUT2D eigenvalue weighted by Crippen LogP contribution is -2.26. The molecular formula is C10H16N6O2. The summed E-state index contributed by atoms with van der Waals surface area (Å²) in [5.41, 5.74) is 5.92. The second kappa shape index (κ2) is 5.15. The molecule has 4 N–H and O–H groups in total. The first-order valence-electron chi connectivity index (χ1n) is 5.62. The Morgan fingerprint density at radius 2 is 2.33 bits per heavy atom. The zero-order chi connectivity index (χ0) is 13.1. The van der Waals surface area contributed by atoms with Crippen LogP contribution in [-0.4, -0.2) is 56.3 Å². The molecule has 0 unspecified atom stereocenters. The van der Waals surface area contributed by atoms with Crippen molar-refractivity contribution < 1.29 is 5.11 Å². The van der Waals surface area contributed by atoms with E-state index in [4.69, 9.17) is 10.8 Å². The largest absolute Gasteiger partial charge is 0.395 e. The monoisotopic (exact) mass is 252 g/mol. The Bertz CT molecular complexity index is 590. The number of aliphatic hydroxyl groups excluding tert-OH is 1. The first-order chi connectivity index (χ1) is 8.61. The van der Waals surface area contributed by atoms with Gasteiger partial charge in [0.05, 0.1) is 12.9 Å². The number of aliphatic hydroxyl groups is 1. The molecule has 0 radical (unpaired) electrons. The number of nitrogens with one attached hydrogen (secondary N) is 1. The van der Waals surface area contributed by atoms with Gasteiger partial charge in [-0.1, -0.05) is 0 Å². The van der Waals surface area contributed by atoms with E-state index in [1.54, 1.807) is 10.9 Å². The van der Waals surface area contributed by atoms with Crippen LogP contribution in [0.4, 0.5) is 5.95 Å².